The van der Waals surface area contributed by atoms with Gasteiger partial charge in [-0.05, 0) is 31.2 Å². The summed E-state index contributed by atoms with van der Waals surface area (Å²) in [4.78, 5) is 21.6. The van der Waals surface area contributed by atoms with Gasteiger partial charge >= 0.3 is 0 Å². The van der Waals surface area contributed by atoms with E-state index in [1.807, 2.05) is 0 Å². The van der Waals surface area contributed by atoms with E-state index >= 15 is 0 Å². The largest absolute Gasteiger partial charge is 0.326 e. The number of benzene rings is 1. The molecule has 18 heavy (non-hydrogen) atoms. The molecule has 0 saturated heterocycles. The van der Waals surface area contributed by atoms with E-state index in [4.69, 9.17) is 4.55 Å². The first-order chi connectivity index (χ1) is 7.79. The van der Waals surface area contributed by atoms with Gasteiger partial charge < -0.3 is 5.32 Å². The van der Waals surface area contributed by atoms with Crippen LogP contribution < -0.4 is 5.32 Å². The molecule has 0 fully saturated rings. The Hall–Kier alpha value is -0.730. The predicted molar refractivity (Wildman–Crippen MR) is 65.9 cm³/mol. The first-order valence-electron chi connectivity index (χ1n) is 4.66. The van der Waals surface area contributed by atoms with Crippen LogP contribution in [-0.2, 0) is 19.7 Å². The molecule has 0 aliphatic carbocycles. The summed E-state index contributed by atoms with van der Waals surface area (Å²) in [5.41, 5.74) is 0.351. The van der Waals surface area contributed by atoms with Gasteiger partial charge in [-0.2, -0.15) is 8.42 Å². The maximum atomic E-state index is 11.2. The summed E-state index contributed by atoms with van der Waals surface area (Å²) in [7, 11) is -4.23. The summed E-state index contributed by atoms with van der Waals surface area (Å²) in [6.07, 6.45) is -0.236. The van der Waals surface area contributed by atoms with Crippen molar-refractivity contribution in [1.82, 2.24) is 0 Å². The minimum atomic E-state index is -4.23. The van der Waals surface area contributed by atoms with Gasteiger partial charge in [-0.1, -0.05) is 0 Å². The Balaban J connectivity index is 0.00000289. The molecule has 1 radical (unpaired) electrons. The Kier molecular flexibility index (Phi) is 6.72. The zero-order valence-electron chi connectivity index (χ0n) is 10.0. The van der Waals surface area contributed by atoms with E-state index in [1.54, 1.807) is 0 Å². The standard InChI is InChI=1S/C10H11NO5S.Na/c1-7(12)6-10(13)11-8-2-4-9(5-3-8)17(14,15)16;/h2-5H,6H2,1H3,(H,11,13)(H,14,15,16);. The maximum absolute atomic E-state index is 11.2. The SMILES string of the molecule is CC(=O)CC(=O)Nc1ccc(S(=O)(=O)O)cc1.[Na]. The van der Waals surface area contributed by atoms with Gasteiger partial charge in [-0.15, -0.1) is 0 Å². The Morgan fingerprint density at radius 1 is 1.22 bits per heavy atom. The zero-order chi connectivity index (χ0) is 13.1. The van der Waals surface area contributed by atoms with Crippen LogP contribution in [0.2, 0.25) is 0 Å². The minimum absolute atomic E-state index is 0. The molecule has 0 aliphatic rings. The second-order valence-electron chi connectivity index (χ2n) is 3.43. The first kappa shape index (κ1) is 17.3. The number of carbonyl (C=O) groups excluding carboxylic acids is 2. The first-order valence-corrected chi connectivity index (χ1v) is 6.10. The summed E-state index contributed by atoms with van der Waals surface area (Å²) in [5.74, 6) is -0.742. The van der Waals surface area contributed by atoms with Gasteiger partial charge in [0.05, 0.1) is 11.3 Å². The molecule has 0 heterocycles. The quantitative estimate of drug-likeness (QED) is 0.474. The number of Topliss-reactive ketones (excluding diaryl/α,β-unsaturated/α-hetero) is 1. The van der Waals surface area contributed by atoms with Crippen molar-refractivity contribution in [2.75, 3.05) is 5.32 Å². The molecular weight excluding hydrogens is 269 g/mol. The van der Waals surface area contributed by atoms with Crippen LogP contribution in [0.5, 0.6) is 0 Å². The number of hydrogen-bond acceptors (Lipinski definition) is 4. The van der Waals surface area contributed by atoms with E-state index < -0.39 is 16.0 Å². The van der Waals surface area contributed by atoms with Crippen LogP contribution in [0.15, 0.2) is 29.2 Å². The molecule has 1 aromatic rings. The van der Waals surface area contributed by atoms with Crippen LogP contribution in [0.25, 0.3) is 0 Å². The molecule has 1 rings (SSSR count). The van der Waals surface area contributed by atoms with E-state index in [0.29, 0.717) is 5.69 Å². The number of ketones is 1. The fourth-order valence-electron chi connectivity index (χ4n) is 1.14. The summed E-state index contributed by atoms with van der Waals surface area (Å²) < 4.78 is 30.2. The van der Waals surface area contributed by atoms with Crippen LogP contribution >= 0.6 is 0 Å². The fraction of sp³-hybridized carbons (Fsp3) is 0.200. The van der Waals surface area contributed by atoms with Crippen LogP contribution in [-0.4, -0.2) is 54.2 Å². The van der Waals surface area contributed by atoms with Gasteiger partial charge in [0.25, 0.3) is 10.1 Å². The van der Waals surface area contributed by atoms with E-state index in [-0.39, 0.29) is 46.7 Å². The molecule has 0 saturated carbocycles. The molecule has 1 aromatic carbocycles. The van der Waals surface area contributed by atoms with Crippen molar-refractivity contribution < 1.29 is 22.6 Å². The van der Waals surface area contributed by atoms with Crippen LogP contribution in [0.1, 0.15) is 13.3 Å². The number of nitrogens with one attached hydrogen (secondary N) is 1. The van der Waals surface area contributed by atoms with Crippen molar-refractivity contribution in [3.8, 4) is 0 Å². The van der Waals surface area contributed by atoms with Gasteiger partial charge in [-0.25, -0.2) is 0 Å². The van der Waals surface area contributed by atoms with Crippen LogP contribution in [0.3, 0.4) is 0 Å². The summed E-state index contributed by atoms with van der Waals surface area (Å²) >= 11 is 0. The molecule has 8 heteroatoms. The van der Waals surface area contributed by atoms with Gasteiger partial charge in [0.15, 0.2) is 0 Å². The molecule has 93 valence electrons. The van der Waals surface area contributed by atoms with Gasteiger partial charge in [-0.3, -0.25) is 14.1 Å². The molecule has 0 aliphatic heterocycles. The van der Waals surface area contributed by atoms with Gasteiger partial charge in [0, 0.05) is 35.2 Å². The summed E-state index contributed by atoms with van der Waals surface area (Å²) in [6.45, 7) is 1.29. The maximum Gasteiger partial charge on any atom is 0.294 e. The monoisotopic (exact) mass is 280 g/mol. The molecule has 0 atom stereocenters. The Morgan fingerprint density at radius 3 is 2.11 bits per heavy atom. The summed E-state index contributed by atoms with van der Waals surface area (Å²) in [6, 6.07) is 4.94. The third-order valence-electron chi connectivity index (χ3n) is 1.85. The Bertz CT molecular complexity index is 538. The van der Waals surface area contributed by atoms with Crippen molar-refractivity contribution in [3.63, 3.8) is 0 Å². The topological polar surface area (TPSA) is 101 Å². The van der Waals surface area contributed by atoms with Gasteiger partial charge in [0.1, 0.15) is 5.78 Å². The van der Waals surface area contributed by atoms with Crippen LogP contribution in [0, 0.1) is 0 Å². The number of amides is 1. The van der Waals surface area contributed by atoms with Crippen molar-refractivity contribution >= 4 is 57.1 Å². The second-order valence-corrected chi connectivity index (χ2v) is 4.85. The average Bonchev–Trinajstić information content (AvgIpc) is 2.15. The van der Waals surface area contributed by atoms with E-state index in [1.165, 1.54) is 19.1 Å². The van der Waals surface area contributed by atoms with Gasteiger partial charge in [0.2, 0.25) is 5.91 Å². The van der Waals surface area contributed by atoms with Crippen molar-refractivity contribution in [3.05, 3.63) is 24.3 Å². The normalized spacial score (nSPS) is 10.3. The number of anilines is 1. The van der Waals surface area contributed by atoms with Crippen molar-refractivity contribution in [1.29, 1.82) is 0 Å². The number of carbonyl (C=O) groups is 2. The predicted octanol–water partition coefficient (Wildman–Crippen LogP) is 0.470. The molecule has 2 N–H and O–H groups in total. The van der Waals surface area contributed by atoms with E-state index in [0.717, 1.165) is 12.1 Å². The van der Waals surface area contributed by atoms with E-state index in [9.17, 15) is 18.0 Å². The van der Waals surface area contributed by atoms with Crippen LogP contribution in [0.4, 0.5) is 5.69 Å². The molecule has 6 nitrogen and oxygen atoms in total. The Morgan fingerprint density at radius 2 is 1.72 bits per heavy atom. The fourth-order valence-corrected chi connectivity index (χ4v) is 1.62. The molecule has 1 amide bonds. The van der Waals surface area contributed by atoms with E-state index in [2.05, 4.69) is 5.32 Å². The second kappa shape index (κ2) is 7.01. The minimum Gasteiger partial charge on any atom is -0.326 e. The number of hydrogen-bond donors (Lipinski definition) is 2. The third kappa shape index (κ3) is 5.74. The Labute approximate surface area is 127 Å². The van der Waals surface area contributed by atoms with Crippen molar-refractivity contribution in [2.45, 2.75) is 18.2 Å². The molecule has 0 spiro atoms. The van der Waals surface area contributed by atoms with Crippen molar-refractivity contribution in [2.24, 2.45) is 0 Å². The smallest absolute Gasteiger partial charge is 0.294 e. The summed E-state index contributed by atoms with van der Waals surface area (Å²) in [5, 5.41) is 2.42. The average molecular weight is 280 g/mol. The molecule has 0 bridgehead atoms. The molecule has 0 unspecified atom stereocenters. The number of rotatable bonds is 4. The third-order valence-corrected chi connectivity index (χ3v) is 2.71. The molecular formula is C10H11NNaO5S. The molecule has 0 aromatic heterocycles. The zero-order valence-corrected chi connectivity index (χ0v) is 12.8.